The summed E-state index contributed by atoms with van der Waals surface area (Å²) in [6.07, 6.45) is 3.81. The van der Waals surface area contributed by atoms with Crippen LogP contribution in [-0.2, 0) is 6.42 Å². The predicted molar refractivity (Wildman–Crippen MR) is 43.3 cm³/mol. The lowest BCUT2D eigenvalue weighted by molar-refractivity contribution is 0.888. The summed E-state index contributed by atoms with van der Waals surface area (Å²) >= 11 is 5.52. The summed E-state index contributed by atoms with van der Waals surface area (Å²) in [5.74, 6) is 0.719. The van der Waals surface area contributed by atoms with Crippen molar-refractivity contribution in [3.63, 3.8) is 0 Å². The predicted octanol–water partition coefficient (Wildman–Crippen LogP) is 2.25. The number of hydrogen-bond acceptors (Lipinski definition) is 1. The van der Waals surface area contributed by atoms with Crippen molar-refractivity contribution in [1.29, 1.82) is 0 Å². The average Bonchev–Trinajstić information content (AvgIpc) is 2.03. The fourth-order valence-corrected chi connectivity index (χ4v) is 0.928. The van der Waals surface area contributed by atoms with Gasteiger partial charge in [0.25, 0.3) is 0 Å². The van der Waals surface area contributed by atoms with Gasteiger partial charge in [-0.2, -0.15) is 0 Å². The molecule has 0 aliphatic rings. The number of alkyl halides is 1. The van der Waals surface area contributed by atoms with Crippen LogP contribution in [0.1, 0.15) is 12.1 Å². The molecule has 0 aliphatic carbocycles. The standard InChI is InChI=1S/C8H10ClN/c9-6-3-5-8-4-1-2-7-10-8/h1-2,4,7H,3,5-6H2. The van der Waals surface area contributed by atoms with E-state index in [-0.39, 0.29) is 0 Å². The Balaban J connectivity index is 2.43. The van der Waals surface area contributed by atoms with Crippen LogP contribution in [0.2, 0.25) is 0 Å². The van der Waals surface area contributed by atoms with Gasteiger partial charge in [-0.25, -0.2) is 0 Å². The molecule has 0 atom stereocenters. The second kappa shape index (κ2) is 4.29. The minimum Gasteiger partial charge on any atom is -0.261 e. The molecule has 0 amide bonds. The largest absolute Gasteiger partial charge is 0.261 e. The molecule has 1 nitrogen and oxygen atoms in total. The van der Waals surface area contributed by atoms with Gasteiger partial charge in [0.15, 0.2) is 0 Å². The minimum atomic E-state index is 0.719. The van der Waals surface area contributed by atoms with Crippen LogP contribution in [0.4, 0.5) is 0 Å². The van der Waals surface area contributed by atoms with Crippen molar-refractivity contribution in [2.24, 2.45) is 0 Å². The van der Waals surface area contributed by atoms with Gasteiger partial charge in [-0.15, -0.1) is 11.6 Å². The lowest BCUT2D eigenvalue weighted by atomic mass is 10.2. The Hall–Kier alpha value is -0.560. The first-order chi connectivity index (χ1) is 4.93. The van der Waals surface area contributed by atoms with Crippen molar-refractivity contribution in [2.45, 2.75) is 12.8 Å². The Morgan fingerprint density at radius 2 is 2.30 bits per heavy atom. The molecule has 0 unspecified atom stereocenters. The molecular weight excluding hydrogens is 146 g/mol. The van der Waals surface area contributed by atoms with E-state index in [1.165, 1.54) is 0 Å². The molecule has 0 N–H and O–H groups in total. The lowest BCUT2D eigenvalue weighted by Gasteiger charge is -1.94. The highest BCUT2D eigenvalue weighted by molar-refractivity contribution is 6.17. The maximum Gasteiger partial charge on any atom is 0.0404 e. The Morgan fingerprint density at radius 1 is 1.40 bits per heavy atom. The van der Waals surface area contributed by atoms with E-state index in [4.69, 9.17) is 11.6 Å². The SMILES string of the molecule is ClCCCc1ccccn1. The van der Waals surface area contributed by atoms with Gasteiger partial charge >= 0.3 is 0 Å². The summed E-state index contributed by atoms with van der Waals surface area (Å²) in [6.45, 7) is 0. The van der Waals surface area contributed by atoms with Crippen molar-refractivity contribution >= 4 is 11.6 Å². The van der Waals surface area contributed by atoms with Crippen LogP contribution in [0.5, 0.6) is 0 Å². The highest BCUT2D eigenvalue weighted by Gasteiger charge is 1.89. The molecule has 0 saturated carbocycles. The Labute approximate surface area is 66.0 Å². The highest BCUT2D eigenvalue weighted by Crippen LogP contribution is 1.98. The van der Waals surface area contributed by atoms with E-state index < -0.39 is 0 Å². The summed E-state index contributed by atoms with van der Waals surface area (Å²) in [5, 5.41) is 0. The Bertz CT molecular complexity index is 174. The number of aryl methyl sites for hydroxylation is 1. The molecular formula is C8H10ClN. The Morgan fingerprint density at radius 3 is 2.90 bits per heavy atom. The van der Waals surface area contributed by atoms with Gasteiger partial charge in [-0.05, 0) is 25.0 Å². The summed E-state index contributed by atoms with van der Waals surface area (Å²) < 4.78 is 0. The topological polar surface area (TPSA) is 12.9 Å². The van der Waals surface area contributed by atoms with Crippen LogP contribution in [0.3, 0.4) is 0 Å². The van der Waals surface area contributed by atoms with Gasteiger partial charge in [0, 0.05) is 17.8 Å². The third-order valence-electron chi connectivity index (χ3n) is 1.29. The van der Waals surface area contributed by atoms with Crippen LogP contribution < -0.4 is 0 Å². The quantitative estimate of drug-likeness (QED) is 0.611. The van der Waals surface area contributed by atoms with Crippen molar-refractivity contribution in [2.75, 3.05) is 5.88 Å². The maximum atomic E-state index is 5.52. The van der Waals surface area contributed by atoms with E-state index in [0.717, 1.165) is 24.4 Å². The number of nitrogens with zero attached hydrogens (tertiary/aromatic N) is 1. The first-order valence-electron chi connectivity index (χ1n) is 3.39. The zero-order valence-corrected chi connectivity index (χ0v) is 6.51. The van der Waals surface area contributed by atoms with Crippen LogP contribution in [0.25, 0.3) is 0 Å². The molecule has 0 spiro atoms. The van der Waals surface area contributed by atoms with Gasteiger partial charge < -0.3 is 0 Å². The number of rotatable bonds is 3. The van der Waals surface area contributed by atoms with Crippen LogP contribution >= 0.6 is 11.6 Å². The van der Waals surface area contributed by atoms with Gasteiger partial charge in [0.2, 0.25) is 0 Å². The normalized spacial score (nSPS) is 9.70. The second-order valence-electron chi connectivity index (χ2n) is 2.11. The van der Waals surface area contributed by atoms with E-state index >= 15 is 0 Å². The Kier molecular flexibility index (Phi) is 3.23. The molecule has 0 saturated heterocycles. The van der Waals surface area contributed by atoms with Gasteiger partial charge in [-0.1, -0.05) is 6.07 Å². The van der Waals surface area contributed by atoms with Crippen molar-refractivity contribution in [1.82, 2.24) is 4.98 Å². The molecule has 1 heterocycles. The summed E-state index contributed by atoms with van der Waals surface area (Å²) in [7, 11) is 0. The average molecular weight is 156 g/mol. The van der Waals surface area contributed by atoms with Crippen molar-refractivity contribution in [3.8, 4) is 0 Å². The van der Waals surface area contributed by atoms with Gasteiger partial charge in [0.1, 0.15) is 0 Å². The lowest BCUT2D eigenvalue weighted by Crippen LogP contribution is -1.88. The van der Waals surface area contributed by atoms with E-state index in [2.05, 4.69) is 4.98 Å². The second-order valence-corrected chi connectivity index (χ2v) is 2.49. The van der Waals surface area contributed by atoms with E-state index in [1.54, 1.807) is 0 Å². The van der Waals surface area contributed by atoms with Crippen molar-refractivity contribution < 1.29 is 0 Å². The maximum absolute atomic E-state index is 5.52. The molecule has 0 radical (unpaired) electrons. The number of halogens is 1. The highest BCUT2D eigenvalue weighted by atomic mass is 35.5. The molecule has 0 bridgehead atoms. The summed E-state index contributed by atoms with van der Waals surface area (Å²) in [4.78, 5) is 4.16. The first-order valence-corrected chi connectivity index (χ1v) is 3.93. The van der Waals surface area contributed by atoms with Crippen LogP contribution in [0.15, 0.2) is 24.4 Å². The molecule has 0 aromatic carbocycles. The molecule has 1 rings (SSSR count). The molecule has 2 heteroatoms. The smallest absolute Gasteiger partial charge is 0.0404 e. The molecule has 0 aliphatic heterocycles. The van der Waals surface area contributed by atoms with E-state index in [9.17, 15) is 0 Å². The fourth-order valence-electron chi connectivity index (χ4n) is 0.794. The zero-order chi connectivity index (χ0) is 7.23. The number of aromatic nitrogens is 1. The van der Waals surface area contributed by atoms with Crippen LogP contribution in [0, 0.1) is 0 Å². The molecule has 0 fully saturated rings. The summed E-state index contributed by atoms with van der Waals surface area (Å²) in [5.41, 5.74) is 1.13. The first kappa shape index (κ1) is 7.55. The third-order valence-corrected chi connectivity index (χ3v) is 1.56. The van der Waals surface area contributed by atoms with Gasteiger partial charge in [0.05, 0.1) is 0 Å². The van der Waals surface area contributed by atoms with E-state index in [0.29, 0.717) is 0 Å². The molecule has 10 heavy (non-hydrogen) atoms. The van der Waals surface area contributed by atoms with E-state index in [1.807, 2.05) is 24.4 Å². The fraction of sp³-hybridized carbons (Fsp3) is 0.375. The molecule has 1 aromatic heterocycles. The monoisotopic (exact) mass is 155 g/mol. The zero-order valence-electron chi connectivity index (χ0n) is 5.76. The number of pyridine rings is 1. The minimum absolute atomic E-state index is 0.719. The number of hydrogen-bond donors (Lipinski definition) is 0. The van der Waals surface area contributed by atoms with Crippen molar-refractivity contribution in [3.05, 3.63) is 30.1 Å². The molecule has 1 aromatic rings. The van der Waals surface area contributed by atoms with Gasteiger partial charge in [-0.3, -0.25) is 4.98 Å². The molecule has 54 valence electrons. The third kappa shape index (κ3) is 2.36. The van der Waals surface area contributed by atoms with Crippen LogP contribution in [-0.4, -0.2) is 10.9 Å². The summed E-state index contributed by atoms with van der Waals surface area (Å²) in [6, 6.07) is 5.94.